The van der Waals surface area contributed by atoms with Crippen molar-refractivity contribution in [3.8, 4) is 11.3 Å². The van der Waals surface area contributed by atoms with Crippen molar-refractivity contribution < 1.29 is 0 Å². The maximum atomic E-state index is 5.76. The van der Waals surface area contributed by atoms with Crippen molar-refractivity contribution in [1.29, 1.82) is 0 Å². The second kappa shape index (κ2) is 4.15. The number of aryl methyl sites for hydroxylation is 3. The van der Waals surface area contributed by atoms with E-state index in [0.717, 1.165) is 5.69 Å². The van der Waals surface area contributed by atoms with E-state index in [9.17, 15) is 0 Å². The molecular weight excluding hydrogens is 228 g/mol. The van der Waals surface area contributed by atoms with Crippen molar-refractivity contribution in [3.05, 3.63) is 34.2 Å². The van der Waals surface area contributed by atoms with Crippen LogP contribution in [0.2, 0.25) is 0 Å². The Bertz CT molecular complexity index is 557. The number of nitrogens with zero attached hydrogens (tertiary/aromatic N) is 1. The molecule has 1 aromatic heterocycles. The van der Waals surface area contributed by atoms with Gasteiger partial charge in [-0.15, -0.1) is 11.3 Å². The second-order valence-corrected chi connectivity index (χ2v) is 5.88. The van der Waals surface area contributed by atoms with Crippen molar-refractivity contribution in [1.82, 2.24) is 4.98 Å². The molecule has 3 rings (SSSR count). The number of benzene rings is 1. The first-order chi connectivity index (χ1) is 8.24. The zero-order valence-electron chi connectivity index (χ0n) is 9.99. The Morgan fingerprint density at radius 2 is 1.94 bits per heavy atom. The number of anilines is 1. The summed E-state index contributed by atoms with van der Waals surface area (Å²) in [5, 5.41) is 0.662. The van der Waals surface area contributed by atoms with Crippen LogP contribution in [0.15, 0.2) is 18.2 Å². The van der Waals surface area contributed by atoms with Gasteiger partial charge in [-0.2, -0.15) is 0 Å². The lowest BCUT2D eigenvalue weighted by molar-refractivity contribution is 0.686. The Morgan fingerprint density at radius 3 is 2.65 bits per heavy atom. The van der Waals surface area contributed by atoms with Crippen LogP contribution in [0, 0.1) is 6.92 Å². The fraction of sp³-hybridized carbons (Fsp3) is 0.357. The van der Waals surface area contributed by atoms with Crippen LogP contribution in [0.4, 0.5) is 5.13 Å². The minimum Gasteiger partial charge on any atom is -0.375 e. The predicted molar refractivity (Wildman–Crippen MR) is 73.3 cm³/mol. The van der Waals surface area contributed by atoms with Crippen molar-refractivity contribution in [3.63, 3.8) is 0 Å². The van der Waals surface area contributed by atoms with Crippen molar-refractivity contribution in [2.24, 2.45) is 0 Å². The molecule has 0 bridgehead atoms. The summed E-state index contributed by atoms with van der Waals surface area (Å²) in [6, 6.07) is 6.75. The summed E-state index contributed by atoms with van der Waals surface area (Å²) in [4.78, 5) is 5.63. The number of rotatable bonds is 1. The minimum absolute atomic E-state index is 0.662. The molecule has 2 aromatic rings. The van der Waals surface area contributed by atoms with Gasteiger partial charge in [0.2, 0.25) is 0 Å². The van der Waals surface area contributed by atoms with Crippen LogP contribution in [0.25, 0.3) is 11.3 Å². The van der Waals surface area contributed by atoms with E-state index in [4.69, 9.17) is 5.73 Å². The van der Waals surface area contributed by atoms with Gasteiger partial charge in [-0.3, -0.25) is 0 Å². The summed E-state index contributed by atoms with van der Waals surface area (Å²) < 4.78 is 0. The molecule has 0 atom stereocenters. The molecule has 0 spiro atoms. The SMILES string of the molecule is Cc1sc(N)nc1-c1ccc2c(c1)CCCC2. The molecule has 17 heavy (non-hydrogen) atoms. The van der Waals surface area contributed by atoms with Crippen LogP contribution < -0.4 is 5.73 Å². The number of fused-ring (bicyclic) bond motifs is 1. The summed E-state index contributed by atoms with van der Waals surface area (Å²) in [5.41, 5.74) is 11.1. The summed E-state index contributed by atoms with van der Waals surface area (Å²) in [6.07, 6.45) is 5.08. The van der Waals surface area contributed by atoms with Crippen LogP contribution >= 0.6 is 11.3 Å². The van der Waals surface area contributed by atoms with Crippen molar-refractivity contribution in [2.75, 3.05) is 5.73 Å². The molecule has 0 saturated carbocycles. The molecule has 88 valence electrons. The fourth-order valence-electron chi connectivity index (χ4n) is 2.57. The van der Waals surface area contributed by atoms with Crippen LogP contribution in [-0.4, -0.2) is 4.98 Å². The lowest BCUT2D eigenvalue weighted by Gasteiger charge is -2.16. The third-order valence-corrected chi connectivity index (χ3v) is 4.24. The largest absolute Gasteiger partial charge is 0.375 e. The van der Waals surface area contributed by atoms with E-state index in [2.05, 4.69) is 30.1 Å². The zero-order valence-corrected chi connectivity index (χ0v) is 10.8. The first kappa shape index (κ1) is 10.8. The highest BCUT2D eigenvalue weighted by molar-refractivity contribution is 7.15. The molecule has 0 amide bonds. The molecule has 1 aliphatic rings. The van der Waals surface area contributed by atoms with Gasteiger partial charge in [0.05, 0.1) is 5.69 Å². The average molecular weight is 244 g/mol. The lowest BCUT2D eigenvalue weighted by atomic mass is 9.90. The van der Waals surface area contributed by atoms with Crippen LogP contribution in [0.1, 0.15) is 28.8 Å². The zero-order chi connectivity index (χ0) is 11.8. The highest BCUT2D eigenvalue weighted by atomic mass is 32.1. The normalized spacial score (nSPS) is 14.6. The quantitative estimate of drug-likeness (QED) is 0.832. The molecule has 0 aliphatic heterocycles. The molecular formula is C14H16N2S. The standard InChI is InChI=1S/C14H16N2S/c1-9-13(16-14(15)17-9)12-7-6-10-4-2-3-5-11(10)8-12/h6-8H,2-5H2,1H3,(H2,15,16). The third-order valence-electron chi connectivity index (χ3n) is 3.44. The molecule has 1 aromatic carbocycles. The van der Waals surface area contributed by atoms with Crippen LogP contribution in [0.5, 0.6) is 0 Å². The fourth-order valence-corrected chi connectivity index (χ4v) is 3.28. The molecule has 1 aliphatic carbocycles. The van der Waals surface area contributed by atoms with Crippen LogP contribution in [-0.2, 0) is 12.8 Å². The van der Waals surface area contributed by atoms with Crippen molar-refractivity contribution in [2.45, 2.75) is 32.6 Å². The Morgan fingerprint density at radius 1 is 1.18 bits per heavy atom. The molecule has 2 N–H and O–H groups in total. The molecule has 0 saturated heterocycles. The topological polar surface area (TPSA) is 38.9 Å². The number of thiazole rings is 1. The molecule has 0 fully saturated rings. The number of hydrogen-bond acceptors (Lipinski definition) is 3. The third kappa shape index (κ3) is 1.95. The van der Waals surface area contributed by atoms with Gasteiger partial charge in [-0.25, -0.2) is 4.98 Å². The van der Waals surface area contributed by atoms with Gasteiger partial charge >= 0.3 is 0 Å². The number of aromatic nitrogens is 1. The number of hydrogen-bond donors (Lipinski definition) is 1. The maximum Gasteiger partial charge on any atom is 0.180 e. The summed E-state index contributed by atoms with van der Waals surface area (Å²) >= 11 is 1.57. The van der Waals surface area contributed by atoms with Crippen LogP contribution in [0.3, 0.4) is 0 Å². The summed E-state index contributed by atoms with van der Waals surface area (Å²) in [5.74, 6) is 0. The molecule has 2 nitrogen and oxygen atoms in total. The Hall–Kier alpha value is -1.35. The summed E-state index contributed by atoms with van der Waals surface area (Å²) in [6.45, 7) is 2.09. The van der Waals surface area contributed by atoms with E-state index < -0.39 is 0 Å². The molecule has 1 heterocycles. The highest BCUT2D eigenvalue weighted by Crippen LogP contribution is 2.31. The van der Waals surface area contributed by atoms with Gasteiger partial charge in [0.1, 0.15) is 0 Å². The monoisotopic (exact) mass is 244 g/mol. The molecule has 3 heteroatoms. The molecule has 0 radical (unpaired) electrons. The minimum atomic E-state index is 0.662. The highest BCUT2D eigenvalue weighted by Gasteiger charge is 2.13. The van der Waals surface area contributed by atoms with E-state index in [1.54, 1.807) is 11.3 Å². The first-order valence-electron chi connectivity index (χ1n) is 6.09. The van der Waals surface area contributed by atoms with Gasteiger partial charge in [-0.1, -0.05) is 12.1 Å². The van der Waals surface area contributed by atoms with Crippen molar-refractivity contribution >= 4 is 16.5 Å². The van der Waals surface area contributed by atoms with E-state index in [1.165, 1.54) is 47.3 Å². The van der Waals surface area contributed by atoms with E-state index in [0.29, 0.717) is 5.13 Å². The Labute approximate surface area is 106 Å². The van der Waals surface area contributed by atoms with Gasteiger partial charge < -0.3 is 5.73 Å². The molecule has 0 unspecified atom stereocenters. The van der Waals surface area contributed by atoms with Gasteiger partial charge in [-0.05, 0) is 49.8 Å². The number of nitrogens with two attached hydrogens (primary N) is 1. The Balaban J connectivity index is 2.06. The van der Waals surface area contributed by atoms with Gasteiger partial charge in [0, 0.05) is 10.4 Å². The first-order valence-corrected chi connectivity index (χ1v) is 6.91. The van der Waals surface area contributed by atoms with Gasteiger partial charge in [0.15, 0.2) is 5.13 Å². The lowest BCUT2D eigenvalue weighted by Crippen LogP contribution is -2.02. The Kier molecular flexibility index (Phi) is 2.63. The maximum absolute atomic E-state index is 5.76. The number of nitrogen functional groups attached to an aromatic ring is 1. The smallest absolute Gasteiger partial charge is 0.180 e. The van der Waals surface area contributed by atoms with E-state index in [1.807, 2.05) is 0 Å². The van der Waals surface area contributed by atoms with E-state index >= 15 is 0 Å². The predicted octanol–water partition coefficient (Wildman–Crippen LogP) is 3.58. The van der Waals surface area contributed by atoms with Gasteiger partial charge in [0.25, 0.3) is 0 Å². The average Bonchev–Trinajstić information content (AvgIpc) is 2.68. The second-order valence-electron chi connectivity index (χ2n) is 4.65. The van der Waals surface area contributed by atoms with E-state index in [-0.39, 0.29) is 0 Å². The summed E-state index contributed by atoms with van der Waals surface area (Å²) in [7, 11) is 0.